The molecule has 0 spiro atoms. The minimum atomic E-state index is -0.163. The van der Waals surface area contributed by atoms with E-state index in [0.29, 0.717) is 37.6 Å². The van der Waals surface area contributed by atoms with Crippen LogP contribution in [0.5, 0.6) is 5.75 Å². The number of hydrogen-bond donors (Lipinski definition) is 1. The molecule has 3 rings (SSSR count). The zero-order chi connectivity index (χ0) is 19.2. The van der Waals surface area contributed by atoms with Crippen molar-refractivity contribution in [3.8, 4) is 5.75 Å². The summed E-state index contributed by atoms with van der Waals surface area (Å²) in [6.45, 7) is 5.79. The highest BCUT2D eigenvalue weighted by atomic mass is 16.5. The topological polar surface area (TPSA) is 58.6 Å². The molecule has 5 heteroatoms. The molecule has 0 bridgehead atoms. The average molecular weight is 366 g/mol. The van der Waals surface area contributed by atoms with Crippen LogP contribution in [0.1, 0.15) is 48.5 Å². The maximum absolute atomic E-state index is 12.4. The summed E-state index contributed by atoms with van der Waals surface area (Å²) in [5.74, 6) is 1.19. The Morgan fingerprint density at radius 2 is 2.00 bits per heavy atom. The van der Waals surface area contributed by atoms with Gasteiger partial charge in [0.2, 0.25) is 5.91 Å². The van der Waals surface area contributed by atoms with Crippen molar-refractivity contribution < 1.29 is 14.3 Å². The molecule has 2 aromatic rings. The molecule has 0 unspecified atom stereocenters. The van der Waals surface area contributed by atoms with E-state index in [0.717, 1.165) is 23.4 Å². The number of ether oxygens (including phenoxy) is 1. The lowest BCUT2D eigenvalue weighted by molar-refractivity contribution is -0.117. The summed E-state index contributed by atoms with van der Waals surface area (Å²) in [4.78, 5) is 26.0. The van der Waals surface area contributed by atoms with E-state index in [1.807, 2.05) is 30.3 Å². The van der Waals surface area contributed by atoms with Gasteiger partial charge in [0, 0.05) is 24.2 Å². The molecule has 0 saturated carbocycles. The maximum atomic E-state index is 12.4. The predicted molar refractivity (Wildman–Crippen MR) is 106 cm³/mol. The van der Waals surface area contributed by atoms with Crippen molar-refractivity contribution >= 4 is 17.5 Å². The third kappa shape index (κ3) is 4.67. The Kier molecular flexibility index (Phi) is 6.12. The van der Waals surface area contributed by atoms with E-state index in [2.05, 4.69) is 25.2 Å². The number of carbonyl (C=O) groups is 2. The fraction of sp³-hybridized carbons (Fsp3) is 0.364. The monoisotopic (exact) mass is 366 g/mol. The number of nitrogens with zero attached hydrogens (tertiary/aromatic N) is 1. The number of rotatable bonds is 7. The zero-order valence-corrected chi connectivity index (χ0v) is 15.9. The highest BCUT2D eigenvalue weighted by Crippen LogP contribution is 2.25. The van der Waals surface area contributed by atoms with Crippen molar-refractivity contribution in [3.63, 3.8) is 0 Å². The van der Waals surface area contributed by atoms with Crippen LogP contribution >= 0.6 is 0 Å². The van der Waals surface area contributed by atoms with E-state index < -0.39 is 0 Å². The fourth-order valence-corrected chi connectivity index (χ4v) is 3.25. The SMILES string of the molecule is CC(C)c1ccccc1OCCNC(=O)c1cccc(N2CCCC2=O)c1. The Morgan fingerprint density at radius 3 is 2.74 bits per heavy atom. The van der Waals surface area contributed by atoms with Crippen LogP contribution in [-0.4, -0.2) is 31.5 Å². The van der Waals surface area contributed by atoms with Crippen LogP contribution in [0.15, 0.2) is 48.5 Å². The van der Waals surface area contributed by atoms with Gasteiger partial charge >= 0.3 is 0 Å². The first-order valence-electron chi connectivity index (χ1n) is 9.46. The first kappa shape index (κ1) is 19.0. The number of amides is 2. The molecule has 1 aliphatic rings. The van der Waals surface area contributed by atoms with E-state index in [9.17, 15) is 9.59 Å². The van der Waals surface area contributed by atoms with Crippen LogP contribution in [0.3, 0.4) is 0 Å². The van der Waals surface area contributed by atoms with Gasteiger partial charge in [0.15, 0.2) is 0 Å². The van der Waals surface area contributed by atoms with Crippen LogP contribution < -0.4 is 15.0 Å². The Labute approximate surface area is 160 Å². The third-order valence-electron chi connectivity index (χ3n) is 4.68. The number of hydrogen-bond acceptors (Lipinski definition) is 3. The highest BCUT2D eigenvalue weighted by Gasteiger charge is 2.22. The summed E-state index contributed by atoms with van der Waals surface area (Å²) in [5.41, 5.74) is 2.49. The molecule has 1 heterocycles. The first-order chi connectivity index (χ1) is 13.1. The number of benzene rings is 2. The smallest absolute Gasteiger partial charge is 0.251 e. The lowest BCUT2D eigenvalue weighted by Crippen LogP contribution is -2.29. The van der Waals surface area contributed by atoms with Gasteiger partial charge < -0.3 is 15.0 Å². The molecule has 0 aromatic heterocycles. The van der Waals surface area contributed by atoms with E-state index in [4.69, 9.17) is 4.74 Å². The Hall–Kier alpha value is -2.82. The van der Waals surface area contributed by atoms with Gasteiger partial charge in [0.1, 0.15) is 12.4 Å². The molecule has 2 amide bonds. The molecular formula is C22H26N2O3. The Balaban J connectivity index is 1.54. The standard InChI is InChI=1S/C22H26N2O3/c1-16(2)19-9-3-4-10-20(19)27-14-12-23-22(26)17-7-5-8-18(15-17)24-13-6-11-21(24)25/h3-5,7-10,15-16H,6,11-14H2,1-2H3,(H,23,26). The lowest BCUT2D eigenvalue weighted by Gasteiger charge is -2.16. The molecule has 1 saturated heterocycles. The minimum absolute atomic E-state index is 0.116. The van der Waals surface area contributed by atoms with Crippen LogP contribution in [0, 0.1) is 0 Å². The molecule has 0 radical (unpaired) electrons. The maximum Gasteiger partial charge on any atom is 0.251 e. The van der Waals surface area contributed by atoms with Gasteiger partial charge in [-0.1, -0.05) is 38.1 Å². The molecule has 1 N–H and O–H groups in total. The largest absolute Gasteiger partial charge is 0.491 e. The third-order valence-corrected chi connectivity index (χ3v) is 4.68. The number of nitrogens with one attached hydrogen (secondary N) is 1. The molecule has 142 valence electrons. The van der Waals surface area contributed by atoms with E-state index in [1.165, 1.54) is 0 Å². The number of para-hydroxylation sites is 1. The molecule has 27 heavy (non-hydrogen) atoms. The van der Waals surface area contributed by atoms with Crippen LogP contribution in [0.25, 0.3) is 0 Å². The average Bonchev–Trinajstić information content (AvgIpc) is 3.11. The van der Waals surface area contributed by atoms with Gasteiger partial charge in [-0.15, -0.1) is 0 Å². The van der Waals surface area contributed by atoms with Crippen LogP contribution in [0.4, 0.5) is 5.69 Å². The van der Waals surface area contributed by atoms with Crippen molar-refractivity contribution in [2.75, 3.05) is 24.6 Å². The van der Waals surface area contributed by atoms with Crippen molar-refractivity contribution in [1.82, 2.24) is 5.32 Å². The molecule has 1 aliphatic heterocycles. The summed E-state index contributed by atoms with van der Waals surface area (Å²) in [5, 5.41) is 2.88. The number of anilines is 1. The second kappa shape index (κ2) is 8.71. The van der Waals surface area contributed by atoms with Gasteiger partial charge in [0.05, 0.1) is 6.54 Å². The summed E-state index contributed by atoms with van der Waals surface area (Å²) >= 11 is 0. The Bertz CT molecular complexity index is 817. The Morgan fingerprint density at radius 1 is 1.19 bits per heavy atom. The highest BCUT2D eigenvalue weighted by molar-refractivity contribution is 5.99. The second-order valence-corrected chi connectivity index (χ2v) is 7.00. The van der Waals surface area contributed by atoms with Crippen molar-refractivity contribution in [1.29, 1.82) is 0 Å². The molecule has 0 atom stereocenters. The normalized spacial score (nSPS) is 13.9. The number of carbonyl (C=O) groups excluding carboxylic acids is 2. The second-order valence-electron chi connectivity index (χ2n) is 7.00. The van der Waals surface area contributed by atoms with E-state index in [-0.39, 0.29) is 11.8 Å². The summed E-state index contributed by atoms with van der Waals surface area (Å²) in [6, 6.07) is 15.2. The van der Waals surface area contributed by atoms with Crippen LogP contribution in [0.2, 0.25) is 0 Å². The molecule has 0 aliphatic carbocycles. The predicted octanol–water partition coefficient (Wildman–Crippen LogP) is 3.75. The lowest BCUT2D eigenvalue weighted by atomic mass is 10.0. The summed E-state index contributed by atoms with van der Waals surface area (Å²) < 4.78 is 5.84. The van der Waals surface area contributed by atoms with Gasteiger partial charge in [-0.3, -0.25) is 9.59 Å². The molecule has 1 fully saturated rings. The van der Waals surface area contributed by atoms with Crippen molar-refractivity contribution in [3.05, 3.63) is 59.7 Å². The summed E-state index contributed by atoms with van der Waals surface area (Å²) in [6.07, 6.45) is 1.44. The molecular weight excluding hydrogens is 340 g/mol. The zero-order valence-electron chi connectivity index (χ0n) is 15.9. The minimum Gasteiger partial charge on any atom is -0.491 e. The van der Waals surface area contributed by atoms with E-state index in [1.54, 1.807) is 17.0 Å². The first-order valence-corrected chi connectivity index (χ1v) is 9.46. The van der Waals surface area contributed by atoms with Gasteiger partial charge in [-0.25, -0.2) is 0 Å². The van der Waals surface area contributed by atoms with Gasteiger partial charge in [-0.2, -0.15) is 0 Å². The van der Waals surface area contributed by atoms with Gasteiger partial charge in [-0.05, 0) is 42.2 Å². The molecule has 5 nitrogen and oxygen atoms in total. The van der Waals surface area contributed by atoms with Crippen LogP contribution in [-0.2, 0) is 4.79 Å². The quantitative estimate of drug-likeness (QED) is 0.760. The van der Waals surface area contributed by atoms with Crippen molar-refractivity contribution in [2.24, 2.45) is 0 Å². The molecule has 2 aromatic carbocycles. The van der Waals surface area contributed by atoms with E-state index >= 15 is 0 Å². The van der Waals surface area contributed by atoms with Crippen molar-refractivity contribution in [2.45, 2.75) is 32.6 Å². The fourth-order valence-electron chi connectivity index (χ4n) is 3.25. The van der Waals surface area contributed by atoms with Gasteiger partial charge in [0.25, 0.3) is 5.91 Å². The summed E-state index contributed by atoms with van der Waals surface area (Å²) in [7, 11) is 0.